The Bertz CT molecular complexity index is 2380. The van der Waals surface area contributed by atoms with Crippen molar-refractivity contribution in [3.63, 3.8) is 0 Å². The second kappa shape index (κ2) is 15.0. The van der Waals surface area contributed by atoms with Gasteiger partial charge in [-0.3, -0.25) is 9.69 Å². The number of hydrogen-bond donors (Lipinski definition) is 1. The number of fused-ring (bicyclic) bond motifs is 2. The smallest absolute Gasteiger partial charge is 0.387 e. The molecule has 2 fully saturated rings. The highest BCUT2D eigenvalue weighted by Crippen LogP contribution is 2.40. The molecule has 0 radical (unpaired) electrons. The quantitative estimate of drug-likeness (QED) is 0.0959. The first-order valence-corrected chi connectivity index (χ1v) is 18.1. The number of likely N-dealkylation sites (tertiary alicyclic amines) is 1. The summed E-state index contributed by atoms with van der Waals surface area (Å²) < 4.78 is 81.0. The van der Waals surface area contributed by atoms with E-state index in [4.69, 9.17) is 33.0 Å². The Morgan fingerprint density at radius 2 is 1.35 bits per heavy atom. The molecule has 0 unspecified atom stereocenters. The molecule has 4 heterocycles. The Labute approximate surface area is 313 Å². The first-order chi connectivity index (χ1) is 26.5. The van der Waals surface area contributed by atoms with Crippen LogP contribution in [0, 0.1) is 19.8 Å². The molecule has 0 saturated carbocycles. The summed E-state index contributed by atoms with van der Waals surface area (Å²) in [5.41, 5.74) is 7.19. The SMILES string of the molecule is Cc1c(-c2nc3cc(COC(=O)[C@@H]4CCCN4)c(OC(F)F)cc3o2)cccc1-c1cccc(-c2nc3cc(CN4CC(C)C4)c(OC(F)F)cc3o2)c1C. The number of alkyl halides is 4. The van der Waals surface area contributed by atoms with Crippen molar-refractivity contribution in [3.8, 4) is 45.5 Å². The molecule has 286 valence electrons. The van der Waals surface area contributed by atoms with Gasteiger partial charge in [-0.2, -0.15) is 17.6 Å². The summed E-state index contributed by atoms with van der Waals surface area (Å²) >= 11 is 0. The van der Waals surface area contributed by atoms with E-state index in [1.807, 2.05) is 50.2 Å². The zero-order chi connectivity index (χ0) is 38.4. The van der Waals surface area contributed by atoms with Crippen LogP contribution in [0.5, 0.6) is 11.5 Å². The molecule has 2 aliphatic heterocycles. The van der Waals surface area contributed by atoms with Gasteiger partial charge in [-0.15, -0.1) is 0 Å². The number of nitrogens with zero attached hydrogens (tertiary/aromatic N) is 3. The lowest BCUT2D eigenvalue weighted by Gasteiger charge is -2.37. The first kappa shape index (κ1) is 36.5. The molecule has 1 atom stereocenters. The van der Waals surface area contributed by atoms with E-state index >= 15 is 0 Å². The molecule has 0 amide bonds. The van der Waals surface area contributed by atoms with Gasteiger partial charge in [0.1, 0.15) is 35.2 Å². The summed E-state index contributed by atoms with van der Waals surface area (Å²) in [4.78, 5) is 24.1. The second-order valence-corrected chi connectivity index (χ2v) is 14.2. The van der Waals surface area contributed by atoms with Gasteiger partial charge < -0.3 is 28.4 Å². The summed E-state index contributed by atoms with van der Waals surface area (Å²) in [5, 5.41) is 3.06. The summed E-state index contributed by atoms with van der Waals surface area (Å²) in [6.07, 6.45) is 1.49. The molecule has 0 spiro atoms. The number of benzene rings is 4. The van der Waals surface area contributed by atoms with E-state index in [1.165, 1.54) is 18.2 Å². The molecular weight excluding hydrogens is 720 g/mol. The molecule has 6 aromatic rings. The van der Waals surface area contributed by atoms with Crippen LogP contribution in [-0.2, 0) is 22.7 Å². The van der Waals surface area contributed by atoms with Crippen LogP contribution in [0.25, 0.3) is 56.2 Å². The van der Waals surface area contributed by atoms with Gasteiger partial charge in [-0.25, -0.2) is 9.97 Å². The largest absolute Gasteiger partial charge is 0.460 e. The molecule has 2 saturated heterocycles. The van der Waals surface area contributed by atoms with Crippen molar-refractivity contribution in [1.29, 1.82) is 0 Å². The van der Waals surface area contributed by atoms with Crippen molar-refractivity contribution >= 4 is 28.2 Å². The van der Waals surface area contributed by atoms with Gasteiger partial charge in [0.25, 0.3) is 0 Å². The van der Waals surface area contributed by atoms with Crippen LogP contribution in [0.3, 0.4) is 0 Å². The van der Waals surface area contributed by atoms with E-state index in [-0.39, 0.29) is 35.1 Å². The number of rotatable bonds is 12. The molecule has 0 bridgehead atoms. The Morgan fingerprint density at radius 1 is 0.818 bits per heavy atom. The summed E-state index contributed by atoms with van der Waals surface area (Å²) in [7, 11) is 0. The molecule has 0 aliphatic carbocycles. The minimum absolute atomic E-state index is 0.0659. The molecule has 55 heavy (non-hydrogen) atoms. The molecule has 8 rings (SSSR count). The number of nitrogens with one attached hydrogen (secondary N) is 1. The predicted molar refractivity (Wildman–Crippen MR) is 196 cm³/mol. The van der Waals surface area contributed by atoms with E-state index < -0.39 is 25.2 Å². The van der Waals surface area contributed by atoms with E-state index in [9.17, 15) is 22.4 Å². The van der Waals surface area contributed by atoms with E-state index in [0.717, 1.165) is 47.3 Å². The van der Waals surface area contributed by atoms with Crippen LogP contribution >= 0.6 is 0 Å². The number of carbonyl (C=O) groups is 1. The Morgan fingerprint density at radius 3 is 1.85 bits per heavy atom. The van der Waals surface area contributed by atoms with Gasteiger partial charge in [-0.05, 0) is 85.7 Å². The summed E-state index contributed by atoms with van der Waals surface area (Å²) in [6, 6.07) is 17.1. The van der Waals surface area contributed by atoms with Crippen LogP contribution in [-0.4, -0.2) is 59.7 Å². The summed E-state index contributed by atoms with van der Waals surface area (Å²) in [6.45, 7) is 2.61. The van der Waals surface area contributed by atoms with Crippen LogP contribution in [0.2, 0.25) is 0 Å². The van der Waals surface area contributed by atoms with Crippen LogP contribution in [0.4, 0.5) is 17.6 Å². The third kappa shape index (κ3) is 7.48. The van der Waals surface area contributed by atoms with Crippen LogP contribution in [0.15, 0.2) is 69.5 Å². The first-order valence-electron chi connectivity index (χ1n) is 18.1. The molecule has 14 heteroatoms. The number of carbonyl (C=O) groups excluding carboxylic acids is 1. The highest BCUT2D eigenvalue weighted by Gasteiger charge is 2.27. The van der Waals surface area contributed by atoms with E-state index in [2.05, 4.69) is 17.1 Å². The number of oxazole rings is 2. The molecule has 2 aromatic heterocycles. The van der Waals surface area contributed by atoms with Gasteiger partial charge in [0.05, 0.1) is 0 Å². The maximum absolute atomic E-state index is 13.4. The van der Waals surface area contributed by atoms with Crippen LogP contribution < -0.4 is 14.8 Å². The average molecular weight is 759 g/mol. The van der Waals surface area contributed by atoms with Gasteiger partial charge in [-0.1, -0.05) is 31.2 Å². The topological polar surface area (TPSA) is 112 Å². The molecular formula is C41H38F4N4O6. The maximum Gasteiger partial charge on any atom is 0.387 e. The minimum Gasteiger partial charge on any atom is -0.460 e. The third-order valence-corrected chi connectivity index (χ3v) is 10.2. The van der Waals surface area contributed by atoms with Gasteiger partial charge in [0.2, 0.25) is 11.8 Å². The fourth-order valence-electron chi connectivity index (χ4n) is 7.53. The third-order valence-electron chi connectivity index (χ3n) is 10.2. The second-order valence-electron chi connectivity index (χ2n) is 14.2. The zero-order valence-electron chi connectivity index (χ0n) is 30.3. The van der Waals surface area contributed by atoms with Gasteiger partial charge in [0.15, 0.2) is 11.2 Å². The normalized spacial score (nSPS) is 16.4. The fraction of sp³-hybridized carbons (Fsp3) is 0.341. The number of halogens is 4. The van der Waals surface area contributed by atoms with Crippen molar-refractivity contribution in [2.45, 2.75) is 66.0 Å². The highest BCUT2D eigenvalue weighted by atomic mass is 19.3. The van der Waals surface area contributed by atoms with Crippen LogP contribution in [0.1, 0.15) is 42.0 Å². The standard InChI is InChI=1S/C41H38F4N4O6/c1-21-17-49(18-21)19-24-13-31-35(15-33(24)54-40(42)43)52-37(47-31)28-9-4-7-26(22(28)2)27-8-5-10-29(23(27)3)38-48-32-14-25(20-51-39(50)30-11-6-12-46-30)34(55-41(44)45)16-36(32)53-38/h4-5,7-10,13-16,21,30,40-41,46H,6,11-12,17-20H2,1-3H3/t30-/m0/s1. The number of ether oxygens (including phenoxy) is 3. The lowest BCUT2D eigenvalue weighted by molar-refractivity contribution is -0.147. The van der Waals surface area contributed by atoms with E-state index in [0.29, 0.717) is 59.1 Å². The molecule has 4 aromatic carbocycles. The molecule has 1 N–H and O–H groups in total. The van der Waals surface area contributed by atoms with Crippen molar-refractivity contribution in [3.05, 3.63) is 82.9 Å². The Hall–Kier alpha value is -5.47. The monoisotopic (exact) mass is 758 g/mol. The minimum atomic E-state index is -3.10. The average Bonchev–Trinajstić information content (AvgIpc) is 3.90. The van der Waals surface area contributed by atoms with Crippen molar-refractivity contribution < 1.29 is 45.4 Å². The predicted octanol–water partition coefficient (Wildman–Crippen LogP) is 9.04. The summed E-state index contributed by atoms with van der Waals surface area (Å²) in [5.74, 6) is 0.587. The van der Waals surface area contributed by atoms with Gasteiger partial charge >= 0.3 is 19.2 Å². The van der Waals surface area contributed by atoms with Crippen molar-refractivity contribution in [2.24, 2.45) is 5.92 Å². The van der Waals surface area contributed by atoms with E-state index in [1.54, 1.807) is 6.07 Å². The van der Waals surface area contributed by atoms with Gasteiger partial charge in [0, 0.05) is 54.0 Å². The highest BCUT2D eigenvalue weighted by molar-refractivity contribution is 5.85. The maximum atomic E-state index is 13.4. The zero-order valence-corrected chi connectivity index (χ0v) is 30.3. The number of esters is 1. The van der Waals surface area contributed by atoms with Crippen molar-refractivity contribution in [2.75, 3.05) is 19.6 Å². The lowest BCUT2D eigenvalue weighted by Crippen LogP contribution is -2.44. The molecule has 10 nitrogen and oxygen atoms in total. The van der Waals surface area contributed by atoms with Crippen molar-refractivity contribution in [1.82, 2.24) is 20.2 Å². The Balaban J connectivity index is 1.10. The lowest BCUT2D eigenvalue weighted by atomic mass is 9.91. The Kier molecular flexibility index (Phi) is 9.95. The molecule has 2 aliphatic rings. The fourth-order valence-corrected chi connectivity index (χ4v) is 7.53. The number of hydrogen-bond acceptors (Lipinski definition) is 10. The number of aromatic nitrogens is 2.